The van der Waals surface area contributed by atoms with E-state index in [2.05, 4.69) is 43.0 Å². The number of carbonyl (C=O) groups excluding carboxylic acids is 1. The molecule has 1 aromatic carbocycles. The zero-order valence-corrected chi connectivity index (χ0v) is 19.5. The largest absolute Gasteiger partial charge is 0.355 e. The fourth-order valence-corrected chi connectivity index (χ4v) is 5.70. The lowest BCUT2D eigenvalue weighted by atomic mass is 10.1. The van der Waals surface area contributed by atoms with E-state index in [9.17, 15) is 4.79 Å². The van der Waals surface area contributed by atoms with Crippen LogP contribution in [0.3, 0.4) is 0 Å². The van der Waals surface area contributed by atoms with Crippen LogP contribution < -0.4 is 9.80 Å². The van der Waals surface area contributed by atoms with Crippen LogP contribution in [0.1, 0.15) is 27.2 Å². The average molecular weight is 453 g/mol. The van der Waals surface area contributed by atoms with Gasteiger partial charge < -0.3 is 14.7 Å². The van der Waals surface area contributed by atoms with Crippen molar-refractivity contribution in [2.24, 2.45) is 0 Å². The van der Waals surface area contributed by atoms with Gasteiger partial charge in [0, 0.05) is 29.0 Å². The minimum absolute atomic E-state index is 0.0583. The first-order valence-electron chi connectivity index (χ1n) is 10.5. The maximum Gasteiger partial charge on any atom is 0.269 e. The number of hydrogen-bond acceptors (Lipinski definition) is 5. The first kappa shape index (κ1) is 20.5. The highest BCUT2D eigenvalue weighted by atomic mass is 35.5. The van der Waals surface area contributed by atoms with Gasteiger partial charge in [-0.05, 0) is 68.4 Å². The Hall–Kier alpha value is -2.41. The van der Waals surface area contributed by atoms with Crippen LogP contribution in [0.2, 0.25) is 5.02 Å². The van der Waals surface area contributed by atoms with Crippen LogP contribution in [0.4, 0.5) is 11.5 Å². The van der Waals surface area contributed by atoms with Gasteiger partial charge >= 0.3 is 0 Å². The van der Waals surface area contributed by atoms with Gasteiger partial charge in [0.25, 0.3) is 5.91 Å². The lowest BCUT2D eigenvalue weighted by molar-refractivity contribution is 0.1000. The first-order valence-corrected chi connectivity index (χ1v) is 11.7. The van der Waals surface area contributed by atoms with E-state index < -0.39 is 0 Å². The highest BCUT2D eigenvalue weighted by Gasteiger charge is 2.32. The number of benzene rings is 1. The van der Waals surface area contributed by atoms with Crippen LogP contribution in [0, 0.1) is 6.92 Å². The number of pyridine rings is 1. The molecule has 3 aromatic rings. The fraction of sp³-hybridized carbons (Fsp3) is 0.333. The fourth-order valence-electron chi connectivity index (χ4n) is 4.44. The van der Waals surface area contributed by atoms with E-state index in [1.54, 1.807) is 11.3 Å². The summed E-state index contributed by atoms with van der Waals surface area (Å²) in [5.74, 6) is 1.09. The Morgan fingerprint density at radius 1 is 1.19 bits per heavy atom. The highest BCUT2D eigenvalue weighted by molar-refractivity contribution is 7.17. The van der Waals surface area contributed by atoms with Crippen molar-refractivity contribution in [2.75, 3.05) is 37.0 Å². The van der Waals surface area contributed by atoms with E-state index in [1.165, 1.54) is 0 Å². The third-order valence-electron chi connectivity index (χ3n) is 6.25. The van der Waals surface area contributed by atoms with Gasteiger partial charge in [-0.3, -0.25) is 4.79 Å². The monoisotopic (exact) mass is 452 g/mol. The van der Waals surface area contributed by atoms with Gasteiger partial charge in [-0.2, -0.15) is 0 Å². The molecule has 0 N–H and O–H groups in total. The zero-order chi connectivity index (χ0) is 21.7. The van der Waals surface area contributed by atoms with Gasteiger partial charge in [0.1, 0.15) is 5.82 Å². The number of thiophene rings is 1. The number of hydrogen-bond donors (Lipinski definition) is 0. The summed E-state index contributed by atoms with van der Waals surface area (Å²) in [4.78, 5) is 26.3. The molecule has 0 aliphatic carbocycles. The van der Waals surface area contributed by atoms with Crippen molar-refractivity contribution >= 4 is 40.4 Å². The minimum atomic E-state index is 0.0583. The molecular weight excluding hydrogens is 428 g/mol. The number of rotatable bonds is 4. The molecular formula is C24H25ClN4OS. The number of aromatic nitrogens is 1. The summed E-state index contributed by atoms with van der Waals surface area (Å²) < 4.78 is 0. The molecule has 160 valence electrons. The molecule has 7 heteroatoms. The Morgan fingerprint density at radius 2 is 1.97 bits per heavy atom. The highest BCUT2D eigenvalue weighted by Crippen LogP contribution is 2.39. The summed E-state index contributed by atoms with van der Waals surface area (Å²) in [6.45, 7) is 4.69. The van der Waals surface area contributed by atoms with Gasteiger partial charge in [0.15, 0.2) is 0 Å². The molecule has 5 nitrogen and oxygen atoms in total. The molecule has 0 bridgehead atoms. The number of nitrogens with zero attached hydrogens (tertiary/aromatic N) is 4. The van der Waals surface area contributed by atoms with Crippen molar-refractivity contribution < 1.29 is 4.79 Å². The van der Waals surface area contributed by atoms with Crippen LogP contribution >= 0.6 is 22.9 Å². The second-order valence-corrected chi connectivity index (χ2v) is 10.0. The van der Waals surface area contributed by atoms with Crippen LogP contribution in [0.5, 0.6) is 0 Å². The smallest absolute Gasteiger partial charge is 0.269 e. The van der Waals surface area contributed by atoms with Gasteiger partial charge in [0.2, 0.25) is 0 Å². The lowest BCUT2D eigenvalue weighted by Crippen LogP contribution is -2.32. The standard InChI is InChI=1S/C24H25ClN4OS/c1-15-10-20(12-26-23(15)28-9-8-19(14-28)27(2)3)29-13-17-11-21(31-22(17)24(29)30)16-4-6-18(25)7-5-16/h4-7,10-12,19H,8-9,13-14H2,1-3H3/t19-/m0/s1. The van der Waals surface area contributed by atoms with E-state index in [0.717, 1.165) is 57.5 Å². The Bertz CT molecular complexity index is 1140. The minimum Gasteiger partial charge on any atom is -0.355 e. The maximum atomic E-state index is 13.1. The molecule has 1 saturated heterocycles. The van der Waals surface area contributed by atoms with Crippen molar-refractivity contribution in [3.8, 4) is 10.4 Å². The normalized spacial score (nSPS) is 18.4. The van der Waals surface area contributed by atoms with Crippen molar-refractivity contribution in [3.05, 3.63) is 63.6 Å². The van der Waals surface area contributed by atoms with Gasteiger partial charge in [-0.1, -0.05) is 23.7 Å². The zero-order valence-electron chi connectivity index (χ0n) is 17.9. The Labute approximate surface area is 191 Å². The third-order valence-corrected chi connectivity index (χ3v) is 7.71. The number of halogens is 1. The SMILES string of the molecule is Cc1cc(N2Cc3cc(-c4ccc(Cl)cc4)sc3C2=O)cnc1N1CC[C@H](N(C)C)C1. The number of likely N-dealkylation sites (N-methyl/N-ethyl adjacent to an activating group) is 1. The number of amides is 1. The summed E-state index contributed by atoms with van der Waals surface area (Å²) >= 11 is 7.55. The molecule has 2 aliphatic heterocycles. The summed E-state index contributed by atoms with van der Waals surface area (Å²) in [5.41, 5.74) is 4.15. The van der Waals surface area contributed by atoms with E-state index in [4.69, 9.17) is 16.6 Å². The molecule has 5 rings (SSSR count). The molecule has 1 amide bonds. The quantitative estimate of drug-likeness (QED) is 0.553. The van der Waals surface area contributed by atoms with Crippen molar-refractivity contribution in [3.63, 3.8) is 0 Å². The van der Waals surface area contributed by atoms with Gasteiger partial charge in [-0.15, -0.1) is 11.3 Å². The Morgan fingerprint density at radius 3 is 2.61 bits per heavy atom. The van der Waals surface area contributed by atoms with Crippen molar-refractivity contribution in [2.45, 2.75) is 25.9 Å². The van der Waals surface area contributed by atoms with E-state index >= 15 is 0 Å². The molecule has 0 saturated carbocycles. The molecule has 1 fully saturated rings. The second-order valence-electron chi connectivity index (χ2n) is 8.55. The second kappa shape index (κ2) is 7.93. The van der Waals surface area contributed by atoms with Crippen LogP contribution in [-0.2, 0) is 6.54 Å². The molecule has 4 heterocycles. The van der Waals surface area contributed by atoms with Crippen LogP contribution in [-0.4, -0.2) is 49.0 Å². The summed E-state index contributed by atoms with van der Waals surface area (Å²) in [6, 6.07) is 12.5. The van der Waals surface area contributed by atoms with Gasteiger partial charge in [0.05, 0.1) is 23.3 Å². The summed E-state index contributed by atoms with van der Waals surface area (Å²) in [6.07, 6.45) is 3.00. The van der Waals surface area contributed by atoms with Crippen molar-refractivity contribution in [1.29, 1.82) is 0 Å². The lowest BCUT2D eigenvalue weighted by Gasteiger charge is -2.23. The molecule has 2 aliphatic rings. The molecule has 0 spiro atoms. The van der Waals surface area contributed by atoms with E-state index in [-0.39, 0.29) is 5.91 Å². The number of aryl methyl sites for hydroxylation is 1. The van der Waals surface area contributed by atoms with E-state index in [1.807, 2.05) is 35.4 Å². The Kier molecular flexibility index (Phi) is 5.24. The van der Waals surface area contributed by atoms with E-state index in [0.29, 0.717) is 17.6 Å². The predicted molar refractivity (Wildman–Crippen MR) is 129 cm³/mol. The number of fused-ring (bicyclic) bond motifs is 1. The predicted octanol–water partition coefficient (Wildman–Crippen LogP) is 5.07. The molecule has 2 aromatic heterocycles. The molecule has 0 unspecified atom stereocenters. The molecule has 1 atom stereocenters. The topological polar surface area (TPSA) is 39.7 Å². The Balaban J connectivity index is 1.35. The van der Waals surface area contributed by atoms with Gasteiger partial charge in [-0.25, -0.2) is 4.98 Å². The van der Waals surface area contributed by atoms with Crippen molar-refractivity contribution in [1.82, 2.24) is 9.88 Å². The average Bonchev–Trinajstić information content (AvgIpc) is 3.45. The van der Waals surface area contributed by atoms with Crippen LogP contribution in [0.25, 0.3) is 10.4 Å². The number of carbonyl (C=O) groups is 1. The maximum absolute atomic E-state index is 13.1. The molecule has 0 radical (unpaired) electrons. The molecule has 31 heavy (non-hydrogen) atoms. The first-order chi connectivity index (χ1) is 14.9. The summed E-state index contributed by atoms with van der Waals surface area (Å²) in [7, 11) is 4.26. The van der Waals surface area contributed by atoms with Crippen LogP contribution in [0.15, 0.2) is 42.6 Å². The third kappa shape index (κ3) is 3.73. The number of anilines is 2. The summed E-state index contributed by atoms with van der Waals surface area (Å²) in [5, 5.41) is 0.715.